The van der Waals surface area contributed by atoms with Crippen molar-refractivity contribution < 1.29 is 22.7 Å². The first-order chi connectivity index (χ1) is 9.77. The van der Waals surface area contributed by atoms with Gasteiger partial charge in [0.1, 0.15) is 11.5 Å². The van der Waals surface area contributed by atoms with Crippen molar-refractivity contribution in [1.29, 1.82) is 0 Å². The van der Waals surface area contributed by atoms with Gasteiger partial charge in [-0.25, -0.2) is 4.79 Å². The molecule has 0 saturated carbocycles. The fourth-order valence-corrected chi connectivity index (χ4v) is 2.44. The van der Waals surface area contributed by atoms with Gasteiger partial charge in [0.2, 0.25) is 0 Å². The summed E-state index contributed by atoms with van der Waals surface area (Å²) in [5.41, 5.74) is 5.90. The van der Waals surface area contributed by atoms with Crippen LogP contribution in [-0.2, 0) is 17.5 Å². The number of hydrogen-bond donors (Lipinski definition) is 1. The Kier molecular flexibility index (Phi) is 4.22. The zero-order valence-corrected chi connectivity index (χ0v) is 11.8. The molecule has 0 aliphatic carbocycles. The number of thiophene rings is 1. The van der Waals surface area contributed by atoms with E-state index in [1.54, 1.807) is 6.92 Å². The molecule has 2 rings (SSSR count). The third-order valence-electron chi connectivity index (χ3n) is 2.81. The summed E-state index contributed by atoms with van der Waals surface area (Å²) in [6.45, 7) is 1.69. The summed E-state index contributed by atoms with van der Waals surface area (Å²) in [5.74, 6) is -0.542. The van der Waals surface area contributed by atoms with Gasteiger partial charge in [0.25, 0.3) is 0 Å². The van der Waals surface area contributed by atoms with Gasteiger partial charge in [0.05, 0.1) is 5.56 Å². The van der Waals surface area contributed by atoms with Crippen LogP contribution in [0.1, 0.15) is 25.7 Å². The molecule has 0 saturated heterocycles. The van der Waals surface area contributed by atoms with Crippen molar-refractivity contribution in [3.05, 3.63) is 51.2 Å². The average molecular weight is 315 g/mol. The summed E-state index contributed by atoms with van der Waals surface area (Å²) in [4.78, 5) is 13.0. The number of rotatable bonds is 3. The molecule has 0 bridgehead atoms. The van der Waals surface area contributed by atoms with Gasteiger partial charge < -0.3 is 10.5 Å². The minimum atomic E-state index is -4.37. The van der Waals surface area contributed by atoms with Crippen molar-refractivity contribution in [3.8, 4) is 0 Å². The number of nitrogens with two attached hydrogens (primary N) is 1. The van der Waals surface area contributed by atoms with E-state index in [1.165, 1.54) is 29.5 Å². The highest BCUT2D eigenvalue weighted by Crippen LogP contribution is 2.29. The maximum absolute atomic E-state index is 12.4. The van der Waals surface area contributed by atoms with E-state index < -0.39 is 17.7 Å². The molecule has 0 spiro atoms. The number of ether oxygens (including phenoxy) is 1. The standard InChI is InChI=1S/C14H12F3NO2S/c1-8-11(18)6-12(21-8)13(19)20-7-9-2-4-10(5-3-9)14(15,16)17/h2-6H,7,18H2,1H3. The zero-order valence-electron chi connectivity index (χ0n) is 11.0. The predicted octanol–water partition coefficient (Wildman–Crippen LogP) is 4.01. The number of anilines is 1. The molecule has 2 aromatic rings. The minimum Gasteiger partial charge on any atom is -0.457 e. The van der Waals surface area contributed by atoms with Crippen molar-refractivity contribution in [1.82, 2.24) is 0 Å². The molecule has 1 aromatic heterocycles. The number of benzene rings is 1. The lowest BCUT2D eigenvalue weighted by atomic mass is 10.1. The Balaban J connectivity index is 1.98. The largest absolute Gasteiger partial charge is 0.457 e. The molecule has 112 valence electrons. The Morgan fingerprint density at radius 3 is 2.38 bits per heavy atom. The fraction of sp³-hybridized carbons (Fsp3) is 0.214. The van der Waals surface area contributed by atoms with Crippen molar-refractivity contribution >= 4 is 23.0 Å². The van der Waals surface area contributed by atoms with Crippen LogP contribution in [0.2, 0.25) is 0 Å². The van der Waals surface area contributed by atoms with E-state index in [2.05, 4.69) is 0 Å². The summed E-state index contributed by atoms with van der Waals surface area (Å²) in [6, 6.07) is 6.00. The van der Waals surface area contributed by atoms with Crippen molar-refractivity contribution in [2.75, 3.05) is 5.73 Å². The second-order valence-corrected chi connectivity index (χ2v) is 5.65. The smallest absolute Gasteiger partial charge is 0.416 e. The highest BCUT2D eigenvalue weighted by Gasteiger charge is 2.29. The molecule has 0 atom stereocenters. The lowest BCUT2D eigenvalue weighted by Gasteiger charge is -2.08. The summed E-state index contributed by atoms with van der Waals surface area (Å²) in [7, 11) is 0. The van der Waals surface area contributed by atoms with Crippen LogP contribution in [0.15, 0.2) is 30.3 Å². The van der Waals surface area contributed by atoms with Gasteiger partial charge in [-0.2, -0.15) is 13.2 Å². The van der Waals surface area contributed by atoms with Gasteiger partial charge in [-0.1, -0.05) is 12.1 Å². The molecule has 0 radical (unpaired) electrons. The zero-order chi connectivity index (χ0) is 15.6. The summed E-state index contributed by atoms with van der Waals surface area (Å²) >= 11 is 1.22. The molecule has 3 nitrogen and oxygen atoms in total. The van der Waals surface area contributed by atoms with Gasteiger partial charge in [0, 0.05) is 10.6 Å². The lowest BCUT2D eigenvalue weighted by Crippen LogP contribution is -2.06. The SMILES string of the molecule is Cc1sc(C(=O)OCc2ccc(C(F)(F)F)cc2)cc1N. The molecular weight excluding hydrogens is 303 g/mol. The monoisotopic (exact) mass is 315 g/mol. The number of carbonyl (C=O) groups excluding carboxylic acids is 1. The molecule has 0 fully saturated rings. The molecule has 1 heterocycles. The normalized spacial score (nSPS) is 11.4. The van der Waals surface area contributed by atoms with Crippen LogP contribution >= 0.6 is 11.3 Å². The summed E-state index contributed by atoms with van der Waals surface area (Å²) in [5, 5.41) is 0. The highest BCUT2D eigenvalue weighted by atomic mass is 32.1. The number of carbonyl (C=O) groups is 1. The number of esters is 1. The fourth-order valence-electron chi connectivity index (χ4n) is 1.61. The molecule has 1 aromatic carbocycles. The Morgan fingerprint density at radius 2 is 1.90 bits per heavy atom. The Morgan fingerprint density at radius 1 is 1.29 bits per heavy atom. The van der Waals surface area contributed by atoms with E-state index in [-0.39, 0.29) is 6.61 Å². The Bertz CT molecular complexity index is 628. The first-order valence-electron chi connectivity index (χ1n) is 5.96. The van der Waals surface area contributed by atoms with Crippen molar-refractivity contribution in [3.63, 3.8) is 0 Å². The predicted molar refractivity (Wildman–Crippen MR) is 74.0 cm³/mol. The molecule has 0 amide bonds. The average Bonchev–Trinajstić information content (AvgIpc) is 2.75. The van der Waals surface area contributed by atoms with Gasteiger partial charge >= 0.3 is 12.1 Å². The number of hydrogen-bond acceptors (Lipinski definition) is 4. The van der Waals surface area contributed by atoms with Crippen LogP contribution in [0.25, 0.3) is 0 Å². The van der Waals surface area contributed by atoms with Gasteiger partial charge in [-0.15, -0.1) is 11.3 Å². The first kappa shape index (κ1) is 15.4. The minimum absolute atomic E-state index is 0.0895. The third-order valence-corrected chi connectivity index (χ3v) is 3.85. The molecular formula is C14H12F3NO2S. The van der Waals surface area contributed by atoms with E-state index in [4.69, 9.17) is 10.5 Å². The number of halogens is 3. The topological polar surface area (TPSA) is 52.3 Å². The van der Waals surface area contributed by atoms with E-state index >= 15 is 0 Å². The molecule has 0 aliphatic rings. The quantitative estimate of drug-likeness (QED) is 0.871. The second-order valence-electron chi connectivity index (χ2n) is 4.39. The molecule has 2 N–H and O–H groups in total. The van der Waals surface area contributed by atoms with Gasteiger partial charge in [-0.3, -0.25) is 0 Å². The van der Waals surface area contributed by atoms with Crippen LogP contribution < -0.4 is 5.73 Å². The molecule has 7 heteroatoms. The van der Waals surface area contributed by atoms with Crippen LogP contribution in [0.4, 0.5) is 18.9 Å². The lowest BCUT2D eigenvalue weighted by molar-refractivity contribution is -0.137. The van der Waals surface area contributed by atoms with Crippen molar-refractivity contribution in [2.45, 2.75) is 19.7 Å². The van der Waals surface area contributed by atoms with Crippen LogP contribution in [0.3, 0.4) is 0 Å². The van der Waals surface area contributed by atoms with Crippen LogP contribution in [-0.4, -0.2) is 5.97 Å². The van der Waals surface area contributed by atoms with E-state index in [0.717, 1.165) is 17.0 Å². The molecule has 21 heavy (non-hydrogen) atoms. The first-order valence-corrected chi connectivity index (χ1v) is 6.78. The number of alkyl halides is 3. The molecule has 0 aliphatic heterocycles. The number of nitrogen functional groups attached to an aromatic ring is 1. The second kappa shape index (κ2) is 5.77. The van der Waals surface area contributed by atoms with Crippen LogP contribution in [0.5, 0.6) is 0 Å². The Hall–Kier alpha value is -2.02. The van der Waals surface area contributed by atoms with E-state index in [1.807, 2.05) is 0 Å². The van der Waals surface area contributed by atoms with Crippen LogP contribution in [0, 0.1) is 6.92 Å². The van der Waals surface area contributed by atoms with E-state index in [9.17, 15) is 18.0 Å². The van der Waals surface area contributed by atoms with Crippen molar-refractivity contribution in [2.24, 2.45) is 0 Å². The maximum Gasteiger partial charge on any atom is 0.416 e. The van der Waals surface area contributed by atoms with E-state index in [0.29, 0.717) is 16.1 Å². The Labute approximate surface area is 123 Å². The highest BCUT2D eigenvalue weighted by molar-refractivity contribution is 7.14. The third kappa shape index (κ3) is 3.75. The number of aryl methyl sites for hydroxylation is 1. The summed E-state index contributed by atoms with van der Waals surface area (Å²) < 4.78 is 42.2. The summed E-state index contributed by atoms with van der Waals surface area (Å²) in [6.07, 6.45) is -4.37. The molecule has 0 unspecified atom stereocenters. The maximum atomic E-state index is 12.4. The van der Waals surface area contributed by atoms with Gasteiger partial charge in [0.15, 0.2) is 0 Å². The van der Waals surface area contributed by atoms with Gasteiger partial charge in [-0.05, 0) is 30.7 Å².